The summed E-state index contributed by atoms with van der Waals surface area (Å²) in [5.41, 5.74) is 11.0. The van der Waals surface area contributed by atoms with Gasteiger partial charge in [0.1, 0.15) is 11.7 Å². The average Bonchev–Trinajstić information content (AvgIpc) is 3.67. The summed E-state index contributed by atoms with van der Waals surface area (Å²) in [4.78, 5) is 17.6. The first-order valence-corrected chi connectivity index (χ1v) is 14.1. The van der Waals surface area contributed by atoms with E-state index in [1.807, 2.05) is 37.5 Å². The Balaban J connectivity index is 1.33. The lowest BCUT2D eigenvalue weighted by molar-refractivity contribution is 0.434. The molecule has 3 N–H and O–H groups in total. The second-order valence-corrected chi connectivity index (χ2v) is 11.3. The van der Waals surface area contributed by atoms with Crippen LogP contribution < -0.4 is 5.73 Å². The molecule has 4 heterocycles. The van der Waals surface area contributed by atoms with Gasteiger partial charge in [0.25, 0.3) is 0 Å². The van der Waals surface area contributed by atoms with E-state index < -0.39 is 0 Å². The molecule has 0 aliphatic carbocycles. The van der Waals surface area contributed by atoms with Crippen molar-refractivity contribution < 1.29 is 0 Å². The molecule has 5 rings (SSSR count). The van der Waals surface area contributed by atoms with Crippen molar-refractivity contribution in [3.05, 3.63) is 72.4 Å². The molecule has 2 aromatic heterocycles. The van der Waals surface area contributed by atoms with Crippen LogP contribution in [0.1, 0.15) is 50.0 Å². The number of aromatic nitrogens is 3. The fourth-order valence-electron chi connectivity index (χ4n) is 5.12. The maximum absolute atomic E-state index is 6.34. The molecule has 7 nitrogen and oxygen atoms in total. The Kier molecular flexibility index (Phi) is 8.36. The largest absolute Gasteiger partial charge is 0.386 e. The van der Waals surface area contributed by atoms with Gasteiger partial charge in [0.2, 0.25) is 0 Å². The fourth-order valence-corrected chi connectivity index (χ4v) is 6.08. The van der Waals surface area contributed by atoms with Gasteiger partial charge in [0.05, 0.1) is 35.5 Å². The van der Waals surface area contributed by atoms with Crippen LogP contribution in [0.25, 0.3) is 22.2 Å². The van der Waals surface area contributed by atoms with Crippen molar-refractivity contribution in [2.24, 2.45) is 10.7 Å². The second-order valence-electron chi connectivity index (χ2n) is 9.94. The normalized spacial score (nSPS) is 22.0. The van der Waals surface area contributed by atoms with Crippen molar-refractivity contribution >= 4 is 35.5 Å². The maximum Gasteiger partial charge on any atom is 0.124 e. The van der Waals surface area contributed by atoms with Gasteiger partial charge in [-0.2, -0.15) is 0 Å². The molecule has 0 amide bonds. The van der Waals surface area contributed by atoms with Crippen LogP contribution in [0.15, 0.2) is 66.0 Å². The lowest BCUT2D eigenvalue weighted by Crippen LogP contribution is -2.36. The Morgan fingerprint density at radius 3 is 2.74 bits per heavy atom. The third-order valence-electron chi connectivity index (χ3n) is 7.28. The molecule has 5 unspecified atom stereocenters. The Hall–Kier alpha value is -2.87. The minimum atomic E-state index is -0.150. The van der Waals surface area contributed by atoms with Crippen LogP contribution in [0.5, 0.6) is 0 Å². The fraction of sp³-hybridized carbons (Fsp3) is 0.345. The predicted octanol–water partition coefficient (Wildman–Crippen LogP) is 5.02. The van der Waals surface area contributed by atoms with Gasteiger partial charge >= 0.3 is 0 Å². The SMILES string of the molecule is C=C/C=C(/C#Cc1ccc2cc(-c3cnc(C4CCCN4P)[nH]3)cnc2c1)C(C)N=C(N)C1CCCN1P. The highest BCUT2D eigenvalue weighted by molar-refractivity contribution is 7.13. The van der Waals surface area contributed by atoms with Crippen molar-refractivity contribution in [1.82, 2.24) is 24.3 Å². The molecular weight excluding hydrogens is 508 g/mol. The summed E-state index contributed by atoms with van der Waals surface area (Å²) in [6, 6.07) is 8.62. The van der Waals surface area contributed by atoms with Crippen molar-refractivity contribution in [3.63, 3.8) is 0 Å². The quantitative estimate of drug-likeness (QED) is 0.150. The first-order chi connectivity index (χ1) is 18.4. The van der Waals surface area contributed by atoms with E-state index in [9.17, 15) is 0 Å². The molecule has 3 aromatic rings. The number of hydrogen-bond acceptors (Lipinski definition) is 5. The third kappa shape index (κ3) is 5.90. The predicted molar refractivity (Wildman–Crippen MR) is 163 cm³/mol. The number of aliphatic imine (C=N–C) groups is 1. The number of amidine groups is 1. The van der Waals surface area contributed by atoms with Crippen LogP contribution in [0, 0.1) is 11.8 Å². The highest BCUT2D eigenvalue weighted by Crippen LogP contribution is 2.34. The Bertz CT molecular complexity index is 1450. The number of imidazole rings is 1. The van der Waals surface area contributed by atoms with Gasteiger partial charge in [0, 0.05) is 41.4 Å². The summed E-state index contributed by atoms with van der Waals surface area (Å²) >= 11 is 0. The minimum absolute atomic E-state index is 0.150. The molecule has 2 fully saturated rings. The summed E-state index contributed by atoms with van der Waals surface area (Å²) in [5, 5.41) is 1.06. The lowest BCUT2D eigenvalue weighted by atomic mass is 10.1. The van der Waals surface area contributed by atoms with Crippen molar-refractivity contribution in [1.29, 1.82) is 0 Å². The summed E-state index contributed by atoms with van der Waals surface area (Å²) in [5.74, 6) is 8.24. The van der Waals surface area contributed by atoms with Gasteiger partial charge in [-0.05, 0) is 56.9 Å². The molecule has 0 bridgehead atoms. The second kappa shape index (κ2) is 11.9. The van der Waals surface area contributed by atoms with E-state index in [0.717, 1.165) is 71.5 Å². The first kappa shape index (κ1) is 26.7. The number of pyridine rings is 1. The van der Waals surface area contributed by atoms with Crippen molar-refractivity contribution in [3.8, 4) is 23.1 Å². The van der Waals surface area contributed by atoms with Crippen LogP contribution >= 0.6 is 18.8 Å². The number of hydrogen-bond donors (Lipinski definition) is 2. The van der Waals surface area contributed by atoms with Gasteiger partial charge in [-0.15, -0.1) is 0 Å². The summed E-state index contributed by atoms with van der Waals surface area (Å²) in [6.07, 6.45) is 11.9. The minimum Gasteiger partial charge on any atom is -0.386 e. The van der Waals surface area contributed by atoms with E-state index in [2.05, 4.69) is 68.6 Å². The number of H-pyrrole nitrogens is 1. The number of nitrogens with one attached hydrogen (secondary N) is 1. The van der Waals surface area contributed by atoms with Crippen LogP contribution in [0.4, 0.5) is 0 Å². The number of fused-ring (bicyclic) bond motifs is 1. The molecule has 2 saturated heterocycles. The zero-order valence-corrected chi connectivity index (χ0v) is 24.1. The third-order valence-corrected chi connectivity index (χ3v) is 8.51. The van der Waals surface area contributed by atoms with Gasteiger partial charge < -0.3 is 10.7 Å². The Labute approximate surface area is 229 Å². The molecular formula is C29H35N7P2. The highest BCUT2D eigenvalue weighted by Gasteiger charge is 2.26. The Morgan fingerprint density at radius 2 is 2.00 bits per heavy atom. The average molecular weight is 544 g/mol. The zero-order chi connectivity index (χ0) is 26.6. The molecule has 0 spiro atoms. The van der Waals surface area contributed by atoms with Gasteiger partial charge in [-0.25, -0.2) is 4.98 Å². The molecule has 9 heteroatoms. The topological polar surface area (TPSA) is 86.4 Å². The number of aromatic amines is 1. The molecule has 1 aromatic carbocycles. The van der Waals surface area contributed by atoms with Gasteiger partial charge in [-0.1, -0.05) is 49.3 Å². The number of allylic oxidation sites excluding steroid dienone is 2. The van der Waals surface area contributed by atoms with E-state index in [1.54, 1.807) is 6.08 Å². The smallest absolute Gasteiger partial charge is 0.124 e. The molecule has 5 atom stereocenters. The zero-order valence-electron chi connectivity index (χ0n) is 21.8. The maximum atomic E-state index is 6.34. The molecule has 38 heavy (non-hydrogen) atoms. The van der Waals surface area contributed by atoms with E-state index in [-0.39, 0.29) is 12.1 Å². The Morgan fingerprint density at radius 1 is 1.18 bits per heavy atom. The van der Waals surface area contributed by atoms with Crippen LogP contribution in [0.2, 0.25) is 0 Å². The number of nitrogens with two attached hydrogens (primary N) is 1. The van der Waals surface area contributed by atoms with Crippen molar-refractivity contribution in [2.75, 3.05) is 13.1 Å². The van der Waals surface area contributed by atoms with E-state index in [1.165, 1.54) is 6.42 Å². The standard InChI is InChI=1S/C29H35N7P2/c1-3-6-21(19(2)33-28(30)26-7-4-13-35(26)37)11-9-20-10-12-22-16-23(17-31-24(22)15-20)25-18-32-29(34-25)27-8-5-14-36(27)38/h3,6,10,12,15-19,26-27H,1,4-5,7-8,13-14,37-38H2,2H3,(H2,30,33)(H,32,34)/b21-6-. The lowest BCUT2D eigenvalue weighted by Gasteiger charge is -2.19. The summed E-state index contributed by atoms with van der Waals surface area (Å²) < 4.78 is 4.45. The van der Waals surface area contributed by atoms with E-state index >= 15 is 0 Å². The number of nitrogens with zero attached hydrogens (tertiary/aromatic N) is 5. The molecule has 2 aliphatic rings. The number of benzene rings is 1. The van der Waals surface area contributed by atoms with Crippen LogP contribution in [0.3, 0.4) is 0 Å². The van der Waals surface area contributed by atoms with Crippen LogP contribution in [-0.2, 0) is 0 Å². The molecule has 2 aliphatic heterocycles. The van der Waals surface area contributed by atoms with Gasteiger partial charge in [-0.3, -0.25) is 19.3 Å². The van der Waals surface area contributed by atoms with E-state index in [0.29, 0.717) is 11.9 Å². The van der Waals surface area contributed by atoms with Crippen molar-refractivity contribution in [2.45, 2.75) is 50.7 Å². The van der Waals surface area contributed by atoms with Crippen LogP contribution in [-0.4, -0.2) is 55.3 Å². The summed E-state index contributed by atoms with van der Waals surface area (Å²) in [6.45, 7) is 7.97. The molecule has 0 saturated carbocycles. The molecule has 0 radical (unpaired) electrons. The summed E-state index contributed by atoms with van der Waals surface area (Å²) in [7, 11) is 5.57. The molecule has 196 valence electrons. The van der Waals surface area contributed by atoms with E-state index in [4.69, 9.17) is 15.7 Å². The van der Waals surface area contributed by atoms with Gasteiger partial charge in [0.15, 0.2) is 0 Å². The monoisotopic (exact) mass is 543 g/mol. The highest BCUT2D eigenvalue weighted by atomic mass is 31.0. The number of rotatable bonds is 6. The first-order valence-electron chi connectivity index (χ1n) is 13.1.